The van der Waals surface area contributed by atoms with E-state index in [1.165, 1.54) is 17.7 Å². The molecule has 2 aliphatic rings. The molecule has 3 amide bonds. The summed E-state index contributed by atoms with van der Waals surface area (Å²) >= 11 is 6.95. The molecule has 0 radical (unpaired) electrons. The van der Waals surface area contributed by atoms with Gasteiger partial charge < -0.3 is 16.4 Å². The zero-order valence-electron chi connectivity index (χ0n) is 20.6. The van der Waals surface area contributed by atoms with Crippen LogP contribution in [-0.4, -0.2) is 40.2 Å². The van der Waals surface area contributed by atoms with E-state index in [-0.39, 0.29) is 40.2 Å². The molecule has 1 atom stereocenters. The molecule has 10 heteroatoms. The molecule has 36 heavy (non-hydrogen) atoms. The molecule has 0 spiro atoms. The molecule has 194 valence electrons. The number of nitrogens with two attached hydrogens (primary N) is 1. The molecule has 0 unspecified atom stereocenters. The van der Waals surface area contributed by atoms with Crippen LogP contribution < -0.4 is 21.3 Å². The van der Waals surface area contributed by atoms with Gasteiger partial charge in [0.05, 0.1) is 5.69 Å². The Bertz CT molecular complexity index is 1080. The highest BCUT2D eigenvalue weighted by Gasteiger charge is 2.33. The lowest BCUT2D eigenvalue weighted by Crippen LogP contribution is -2.51. The van der Waals surface area contributed by atoms with Gasteiger partial charge in [-0.3, -0.25) is 19.3 Å². The standard InChI is InChI=1S/C26H34ClN5O3S/c1-16(24(33)29-18-8-4-2-5-9-18)32(20-14-12-17(27)13-15-20)26(35)23-21(28)22(31-36-23)25(34)30-19-10-6-3-7-11-19/h12-16,18-19H,2-11,28H2,1H3,(H,29,33)(H,30,34)/t16-/m1/s1. The Kier molecular flexibility index (Phi) is 8.85. The summed E-state index contributed by atoms with van der Waals surface area (Å²) in [5, 5.41) is 6.63. The maximum absolute atomic E-state index is 13.8. The van der Waals surface area contributed by atoms with Gasteiger partial charge in [0.15, 0.2) is 5.69 Å². The minimum absolute atomic E-state index is 0.0390. The van der Waals surface area contributed by atoms with Crippen molar-refractivity contribution in [3.63, 3.8) is 0 Å². The number of anilines is 2. The second-order valence-electron chi connectivity index (χ2n) is 9.75. The number of aromatic nitrogens is 1. The smallest absolute Gasteiger partial charge is 0.273 e. The number of nitrogens with zero attached hydrogens (tertiary/aromatic N) is 2. The topological polar surface area (TPSA) is 117 Å². The van der Waals surface area contributed by atoms with Crippen LogP contribution in [0.25, 0.3) is 0 Å². The summed E-state index contributed by atoms with van der Waals surface area (Å²) in [6, 6.07) is 6.13. The lowest BCUT2D eigenvalue weighted by molar-refractivity contribution is -0.122. The van der Waals surface area contributed by atoms with Gasteiger partial charge in [0.25, 0.3) is 11.8 Å². The van der Waals surface area contributed by atoms with Gasteiger partial charge in [-0.15, -0.1) is 0 Å². The Hall–Kier alpha value is -2.65. The Morgan fingerprint density at radius 1 is 0.972 bits per heavy atom. The molecular weight excluding hydrogens is 498 g/mol. The lowest BCUT2D eigenvalue weighted by atomic mass is 9.95. The quantitative estimate of drug-likeness (QED) is 0.468. The summed E-state index contributed by atoms with van der Waals surface area (Å²) in [5.74, 6) is -1.07. The van der Waals surface area contributed by atoms with Crippen molar-refractivity contribution in [3.05, 3.63) is 39.9 Å². The van der Waals surface area contributed by atoms with E-state index in [4.69, 9.17) is 17.3 Å². The molecule has 2 aliphatic carbocycles. The second kappa shape index (κ2) is 12.1. The first kappa shape index (κ1) is 26.4. The molecule has 2 fully saturated rings. The molecular formula is C26H34ClN5O3S. The number of halogens is 1. The fourth-order valence-electron chi connectivity index (χ4n) is 5.03. The zero-order chi connectivity index (χ0) is 25.7. The van der Waals surface area contributed by atoms with Crippen LogP contribution in [0.3, 0.4) is 0 Å². The second-order valence-corrected chi connectivity index (χ2v) is 11.0. The summed E-state index contributed by atoms with van der Waals surface area (Å²) in [7, 11) is 0. The van der Waals surface area contributed by atoms with Crippen LogP contribution in [0.5, 0.6) is 0 Å². The average Bonchev–Trinajstić information content (AvgIpc) is 3.27. The normalized spacial score (nSPS) is 17.8. The van der Waals surface area contributed by atoms with Gasteiger partial charge in [-0.25, -0.2) is 0 Å². The van der Waals surface area contributed by atoms with Crippen LogP contribution in [0.4, 0.5) is 11.4 Å². The number of carbonyl (C=O) groups excluding carboxylic acids is 3. The highest BCUT2D eigenvalue weighted by Crippen LogP contribution is 2.29. The maximum atomic E-state index is 13.8. The van der Waals surface area contributed by atoms with Crippen molar-refractivity contribution in [3.8, 4) is 0 Å². The summed E-state index contributed by atoms with van der Waals surface area (Å²) in [5.41, 5.74) is 6.90. The van der Waals surface area contributed by atoms with Crippen LogP contribution in [0.1, 0.15) is 91.3 Å². The van der Waals surface area contributed by atoms with E-state index in [0.29, 0.717) is 10.7 Å². The highest BCUT2D eigenvalue weighted by molar-refractivity contribution is 7.09. The minimum atomic E-state index is -0.804. The first-order valence-electron chi connectivity index (χ1n) is 12.8. The molecule has 2 aromatic rings. The van der Waals surface area contributed by atoms with Crippen LogP contribution in [0.15, 0.2) is 24.3 Å². The van der Waals surface area contributed by atoms with Crippen molar-refractivity contribution in [2.24, 2.45) is 0 Å². The first-order chi connectivity index (χ1) is 17.3. The van der Waals surface area contributed by atoms with Crippen molar-refractivity contribution in [1.82, 2.24) is 15.0 Å². The fraction of sp³-hybridized carbons (Fsp3) is 0.538. The number of hydrogen-bond acceptors (Lipinski definition) is 6. The van der Waals surface area contributed by atoms with E-state index in [0.717, 1.165) is 62.9 Å². The minimum Gasteiger partial charge on any atom is -0.395 e. The molecule has 1 aromatic carbocycles. The van der Waals surface area contributed by atoms with Crippen LogP contribution in [0, 0.1) is 0 Å². The van der Waals surface area contributed by atoms with Crippen LogP contribution in [-0.2, 0) is 4.79 Å². The summed E-state index contributed by atoms with van der Waals surface area (Å²) in [6.07, 6.45) is 10.4. The fourth-order valence-corrected chi connectivity index (χ4v) is 5.89. The van der Waals surface area contributed by atoms with E-state index in [2.05, 4.69) is 15.0 Å². The third-order valence-electron chi connectivity index (χ3n) is 7.12. The van der Waals surface area contributed by atoms with Gasteiger partial charge in [-0.1, -0.05) is 50.1 Å². The number of benzene rings is 1. The summed E-state index contributed by atoms with van der Waals surface area (Å²) < 4.78 is 4.23. The number of rotatable bonds is 7. The molecule has 1 heterocycles. The first-order valence-corrected chi connectivity index (χ1v) is 14.0. The van der Waals surface area contributed by atoms with E-state index < -0.39 is 11.9 Å². The van der Waals surface area contributed by atoms with Gasteiger partial charge in [0, 0.05) is 22.8 Å². The van der Waals surface area contributed by atoms with Crippen LogP contribution in [0.2, 0.25) is 5.02 Å². The predicted octanol–water partition coefficient (Wildman–Crippen LogP) is 4.93. The largest absolute Gasteiger partial charge is 0.395 e. The molecule has 4 N–H and O–H groups in total. The molecule has 0 aliphatic heterocycles. The average molecular weight is 532 g/mol. The molecule has 8 nitrogen and oxygen atoms in total. The van der Waals surface area contributed by atoms with E-state index in [9.17, 15) is 14.4 Å². The number of hydrogen-bond donors (Lipinski definition) is 3. The summed E-state index contributed by atoms with van der Waals surface area (Å²) in [6.45, 7) is 1.69. The van der Waals surface area contributed by atoms with Gasteiger partial charge in [0.1, 0.15) is 10.9 Å². The third-order valence-corrected chi connectivity index (χ3v) is 8.22. The molecule has 0 saturated heterocycles. The highest BCUT2D eigenvalue weighted by atomic mass is 35.5. The number of nitrogen functional groups attached to an aromatic ring is 1. The van der Waals surface area contributed by atoms with Crippen molar-refractivity contribution >= 4 is 52.2 Å². The van der Waals surface area contributed by atoms with Crippen molar-refractivity contribution < 1.29 is 14.4 Å². The van der Waals surface area contributed by atoms with Gasteiger partial charge in [-0.2, -0.15) is 4.37 Å². The Labute approximate surface area is 221 Å². The Morgan fingerprint density at radius 3 is 2.11 bits per heavy atom. The maximum Gasteiger partial charge on any atom is 0.273 e. The van der Waals surface area contributed by atoms with E-state index in [1.54, 1.807) is 31.2 Å². The third kappa shape index (κ3) is 6.18. The number of carbonyl (C=O) groups is 3. The predicted molar refractivity (Wildman–Crippen MR) is 144 cm³/mol. The van der Waals surface area contributed by atoms with Gasteiger partial charge >= 0.3 is 0 Å². The van der Waals surface area contributed by atoms with Crippen molar-refractivity contribution in [2.75, 3.05) is 10.6 Å². The number of amides is 3. The molecule has 0 bridgehead atoms. The van der Waals surface area contributed by atoms with Crippen molar-refractivity contribution in [2.45, 2.75) is 89.3 Å². The van der Waals surface area contributed by atoms with E-state index in [1.807, 2.05) is 0 Å². The lowest BCUT2D eigenvalue weighted by Gasteiger charge is -2.31. The Balaban J connectivity index is 1.56. The van der Waals surface area contributed by atoms with Crippen molar-refractivity contribution in [1.29, 1.82) is 0 Å². The Morgan fingerprint density at radius 2 is 1.53 bits per heavy atom. The SMILES string of the molecule is C[C@H](C(=O)NC1CCCCC1)N(C(=O)c1snc(C(=O)NC2CCCCC2)c1N)c1ccc(Cl)cc1. The van der Waals surface area contributed by atoms with Gasteiger partial charge in [0.2, 0.25) is 5.91 Å². The van der Waals surface area contributed by atoms with Gasteiger partial charge in [-0.05, 0) is 68.4 Å². The van der Waals surface area contributed by atoms with Crippen LogP contribution >= 0.6 is 23.1 Å². The summed E-state index contributed by atoms with van der Waals surface area (Å²) in [4.78, 5) is 41.4. The number of nitrogens with one attached hydrogen (secondary N) is 2. The van der Waals surface area contributed by atoms with E-state index >= 15 is 0 Å². The molecule has 4 rings (SSSR count). The monoisotopic (exact) mass is 531 g/mol. The zero-order valence-corrected chi connectivity index (χ0v) is 22.2. The molecule has 2 saturated carbocycles. The molecule has 1 aromatic heterocycles.